The molecule has 130 valence electrons. The molecule has 1 N–H and O–H groups in total. The van der Waals surface area contributed by atoms with Crippen LogP contribution >= 0.6 is 0 Å². The Morgan fingerprint density at radius 1 is 0.880 bits per heavy atom. The summed E-state index contributed by atoms with van der Waals surface area (Å²) in [7, 11) is 0. The number of hydrogen-bond donors (Lipinski definition) is 1. The van der Waals surface area contributed by atoms with Crippen molar-refractivity contribution in [1.82, 2.24) is 10.4 Å². The molecule has 2 aromatic rings. The van der Waals surface area contributed by atoms with Gasteiger partial charge in [0.05, 0.1) is 6.07 Å². The molecule has 1 fully saturated rings. The van der Waals surface area contributed by atoms with E-state index < -0.39 is 0 Å². The lowest BCUT2D eigenvalue weighted by atomic mass is 9.84. The average Bonchev–Trinajstić information content (AvgIpc) is 2.68. The van der Waals surface area contributed by atoms with Crippen LogP contribution in [0.1, 0.15) is 43.2 Å². The molecule has 3 heteroatoms. The standard InChI is InChI=1S/C22H27N3/c23-16-22(21-14-8-3-9-15-21)24-25(17-19-10-4-1-5-11-19)18-20-12-6-2-7-13-20/h1-2,4-7,10-13,21-22,24H,3,8-9,14-15,17-18H2/t22-/m1/s1. The van der Waals surface area contributed by atoms with Crippen molar-refractivity contribution >= 4 is 0 Å². The van der Waals surface area contributed by atoms with E-state index in [1.165, 1.54) is 30.4 Å². The SMILES string of the molecule is N#C[C@@H](NN(Cc1ccccc1)Cc1ccccc1)C1CCCCC1. The molecule has 0 amide bonds. The molecule has 1 atom stereocenters. The summed E-state index contributed by atoms with van der Waals surface area (Å²) in [4.78, 5) is 0. The van der Waals surface area contributed by atoms with Gasteiger partial charge in [0.1, 0.15) is 6.04 Å². The fraction of sp³-hybridized carbons (Fsp3) is 0.409. The van der Waals surface area contributed by atoms with Gasteiger partial charge >= 0.3 is 0 Å². The lowest BCUT2D eigenvalue weighted by Gasteiger charge is -2.32. The maximum Gasteiger partial charge on any atom is 0.111 e. The predicted octanol–water partition coefficient (Wildman–Crippen LogP) is 4.67. The van der Waals surface area contributed by atoms with Crippen molar-refractivity contribution in [2.24, 2.45) is 5.92 Å². The molecule has 3 nitrogen and oxygen atoms in total. The van der Waals surface area contributed by atoms with Gasteiger partial charge in [0.2, 0.25) is 0 Å². The van der Waals surface area contributed by atoms with Crippen LogP contribution in [0.4, 0.5) is 0 Å². The van der Waals surface area contributed by atoms with E-state index in [1.54, 1.807) is 0 Å². The molecule has 3 rings (SSSR count). The van der Waals surface area contributed by atoms with Crippen LogP contribution in [-0.2, 0) is 13.1 Å². The molecule has 0 aliphatic heterocycles. The Labute approximate surface area is 151 Å². The molecule has 1 saturated carbocycles. The third-order valence-corrected chi connectivity index (χ3v) is 5.01. The van der Waals surface area contributed by atoms with E-state index in [0.717, 1.165) is 25.9 Å². The molecule has 0 unspecified atom stereocenters. The van der Waals surface area contributed by atoms with Crippen LogP contribution in [-0.4, -0.2) is 11.1 Å². The summed E-state index contributed by atoms with van der Waals surface area (Å²) in [5, 5.41) is 11.9. The van der Waals surface area contributed by atoms with Crippen LogP contribution in [0.25, 0.3) is 0 Å². The first-order chi connectivity index (χ1) is 12.3. The van der Waals surface area contributed by atoms with E-state index in [9.17, 15) is 5.26 Å². The highest BCUT2D eigenvalue weighted by atomic mass is 15.5. The van der Waals surface area contributed by atoms with Gasteiger partial charge in [-0.2, -0.15) is 5.26 Å². The van der Waals surface area contributed by atoms with Crippen molar-refractivity contribution in [2.75, 3.05) is 0 Å². The van der Waals surface area contributed by atoms with E-state index in [4.69, 9.17) is 0 Å². The molecule has 1 aliphatic rings. The molecule has 0 radical (unpaired) electrons. The van der Waals surface area contributed by atoms with Crippen molar-refractivity contribution < 1.29 is 0 Å². The molecule has 1 aliphatic carbocycles. The van der Waals surface area contributed by atoms with Crippen LogP contribution in [0.5, 0.6) is 0 Å². The Morgan fingerprint density at radius 3 is 1.88 bits per heavy atom. The monoisotopic (exact) mass is 333 g/mol. The summed E-state index contributed by atoms with van der Waals surface area (Å²) in [6, 6.07) is 23.3. The molecule has 0 spiro atoms. The maximum atomic E-state index is 9.72. The molecular formula is C22H27N3. The molecule has 0 saturated heterocycles. The van der Waals surface area contributed by atoms with Gasteiger partial charge in [-0.1, -0.05) is 79.9 Å². The van der Waals surface area contributed by atoms with Gasteiger partial charge in [-0.05, 0) is 29.9 Å². The summed E-state index contributed by atoms with van der Waals surface area (Å²) in [5.74, 6) is 0.466. The lowest BCUT2D eigenvalue weighted by Crippen LogP contribution is -2.47. The van der Waals surface area contributed by atoms with E-state index in [0.29, 0.717) is 5.92 Å². The Kier molecular flexibility index (Phi) is 6.62. The first kappa shape index (κ1) is 17.7. The van der Waals surface area contributed by atoms with Crippen LogP contribution in [0.15, 0.2) is 60.7 Å². The zero-order valence-corrected chi connectivity index (χ0v) is 14.8. The first-order valence-corrected chi connectivity index (χ1v) is 9.34. The van der Waals surface area contributed by atoms with Gasteiger partial charge in [-0.25, -0.2) is 10.4 Å². The Bertz CT molecular complexity index is 615. The van der Waals surface area contributed by atoms with E-state index >= 15 is 0 Å². The third-order valence-electron chi connectivity index (χ3n) is 5.01. The van der Waals surface area contributed by atoms with Crippen LogP contribution in [0.2, 0.25) is 0 Å². The summed E-state index contributed by atoms with van der Waals surface area (Å²) in [6.07, 6.45) is 6.14. The van der Waals surface area contributed by atoms with Crippen molar-refractivity contribution in [3.05, 3.63) is 71.8 Å². The van der Waals surface area contributed by atoms with Crippen LogP contribution in [0, 0.1) is 17.2 Å². The van der Waals surface area contributed by atoms with Crippen molar-refractivity contribution in [3.8, 4) is 6.07 Å². The Hall–Kier alpha value is -2.15. The van der Waals surface area contributed by atoms with E-state index in [1.807, 2.05) is 12.1 Å². The van der Waals surface area contributed by atoms with Crippen molar-refractivity contribution in [3.63, 3.8) is 0 Å². The van der Waals surface area contributed by atoms with E-state index in [-0.39, 0.29) is 6.04 Å². The van der Waals surface area contributed by atoms with Gasteiger partial charge in [0.15, 0.2) is 0 Å². The van der Waals surface area contributed by atoms with Crippen molar-refractivity contribution in [1.29, 1.82) is 5.26 Å². The highest BCUT2D eigenvalue weighted by molar-refractivity contribution is 5.17. The van der Waals surface area contributed by atoms with E-state index in [2.05, 4.69) is 65.0 Å². The second kappa shape index (κ2) is 9.36. The zero-order chi connectivity index (χ0) is 17.3. The summed E-state index contributed by atoms with van der Waals surface area (Å²) in [6.45, 7) is 1.58. The second-order valence-electron chi connectivity index (χ2n) is 6.96. The highest BCUT2D eigenvalue weighted by Crippen LogP contribution is 2.26. The minimum atomic E-state index is -0.104. The quantitative estimate of drug-likeness (QED) is 0.749. The number of nitrogens with one attached hydrogen (secondary N) is 1. The number of nitrogens with zero attached hydrogens (tertiary/aromatic N) is 2. The Balaban J connectivity index is 1.71. The second-order valence-corrected chi connectivity index (χ2v) is 6.96. The largest absolute Gasteiger partial charge is 0.237 e. The van der Waals surface area contributed by atoms with Gasteiger partial charge in [0.25, 0.3) is 0 Å². The minimum Gasteiger partial charge on any atom is -0.237 e. The van der Waals surface area contributed by atoms with Gasteiger partial charge in [0, 0.05) is 13.1 Å². The first-order valence-electron chi connectivity index (χ1n) is 9.34. The number of nitriles is 1. The predicted molar refractivity (Wildman–Crippen MR) is 101 cm³/mol. The topological polar surface area (TPSA) is 39.1 Å². The number of rotatable bonds is 7. The van der Waals surface area contributed by atoms with Gasteiger partial charge < -0.3 is 0 Å². The molecular weight excluding hydrogens is 306 g/mol. The number of benzene rings is 2. The lowest BCUT2D eigenvalue weighted by molar-refractivity contribution is 0.123. The summed E-state index contributed by atoms with van der Waals surface area (Å²) >= 11 is 0. The molecule has 0 heterocycles. The summed E-state index contributed by atoms with van der Waals surface area (Å²) < 4.78 is 0. The van der Waals surface area contributed by atoms with Crippen molar-refractivity contribution in [2.45, 2.75) is 51.2 Å². The Morgan fingerprint density at radius 2 is 1.40 bits per heavy atom. The minimum absolute atomic E-state index is 0.104. The fourth-order valence-electron chi connectivity index (χ4n) is 3.66. The maximum absolute atomic E-state index is 9.72. The molecule has 25 heavy (non-hydrogen) atoms. The number of hydrazine groups is 1. The smallest absolute Gasteiger partial charge is 0.111 e. The van der Waals surface area contributed by atoms with Gasteiger partial charge in [-0.15, -0.1) is 0 Å². The van der Waals surface area contributed by atoms with Crippen LogP contribution < -0.4 is 5.43 Å². The average molecular weight is 333 g/mol. The third kappa shape index (κ3) is 5.42. The fourth-order valence-corrected chi connectivity index (χ4v) is 3.66. The highest BCUT2D eigenvalue weighted by Gasteiger charge is 2.25. The van der Waals surface area contributed by atoms with Crippen LogP contribution in [0.3, 0.4) is 0 Å². The van der Waals surface area contributed by atoms with Gasteiger partial charge in [-0.3, -0.25) is 0 Å². The normalized spacial score (nSPS) is 16.5. The summed E-state index contributed by atoms with van der Waals surface area (Å²) in [5.41, 5.74) is 6.05. The molecule has 2 aromatic carbocycles. The zero-order valence-electron chi connectivity index (χ0n) is 14.8. The molecule has 0 bridgehead atoms. The molecule has 0 aromatic heterocycles. The number of hydrogen-bond acceptors (Lipinski definition) is 3.